The van der Waals surface area contributed by atoms with E-state index in [4.69, 9.17) is 4.74 Å². The summed E-state index contributed by atoms with van der Waals surface area (Å²) in [6.07, 6.45) is 3.79. The van der Waals surface area contributed by atoms with Gasteiger partial charge in [0.25, 0.3) is 0 Å². The quantitative estimate of drug-likeness (QED) is 0.884. The smallest absolute Gasteiger partial charge is 0.410 e. The highest BCUT2D eigenvalue weighted by atomic mass is 16.6. The third-order valence-corrected chi connectivity index (χ3v) is 5.81. The van der Waals surface area contributed by atoms with Crippen LogP contribution < -0.4 is 5.32 Å². The molecule has 1 N–H and O–H groups in total. The normalized spacial score (nSPS) is 24.2. The highest BCUT2D eigenvalue weighted by molar-refractivity contribution is 5.84. The number of ether oxygens (including phenoxy) is 1. The van der Waals surface area contributed by atoms with Crippen LogP contribution >= 0.6 is 0 Å². The lowest BCUT2D eigenvalue weighted by atomic mass is 9.96. The van der Waals surface area contributed by atoms with E-state index in [0.717, 1.165) is 11.1 Å². The molecule has 1 saturated carbocycles. The Bertz CT molecular complexity index is 879. The molecular formula is C22H29N3O3. The molecule has 150 valence electrons. The SMILES string of the molecule is CC(C)(C)OC(=O)N1C[C@@H]2C(C(=O)NC(C)(C)c3cc4ccccn4c3)[C@@H]2C1. The van der Waals surface area contributed by atoms with Gasteiger partial charge < -0.3 is 19.4 Å². The zero-order valence-corrected chi connectivity index (χ0v) is 17.2. The molecule has 0 radical (unpaired) electrons. The van der Waals surface area contributed by atoms with Crippen LogP contribution in [-0.2, 0) is 15.1 Å². The summed E-state index contributed by atoms with van der Waals surface area (Å²) < 4.78 is 7.50. The number of carbonyl (C=O) groups excluding carboxylic acids is 2. The summed E-state index contributed by atoms with van der Waals surface area (Å²) in [5.74, 6) is 0.571. The Balaban J connectivity index is 1.36. The molecule has 1 unspecified atom stereocenters. The van der Waals surface area contributed by atoms with E-state index in [1.807, 2.05) is 52.9 Å². The lowest BCUT2D eigenvalue weighted by molar-refractivity contribution is -0.125. The number of hydrogen-bond acceptors (Lipinski definition) is 3. The fraction of sp³-hybridized carbons (Fsp3) is 0.545. The number of likely N-dealkylation sites (tertiary alicyclic amines) is 1. The summed E-state index contributed by atoms with van der Waals surface area (Å²) in [6.45, 7) is 10.9. The molecule has 2 aromatic heterocycles. The average Bonchev–Trinajstić information content (AvgIpc) is 2.96. The number of pyridine rings is 1. The van der Waals surface area contributed by atoms with Gasteiger partial charge in [-0.15, -0.1) is 0 Å². The van der Waals surface area contributed by atoms with E-state index in [2.05, 4.69) is 28.0 Å². The number of carbonyl (C=O) groups is 2. The lowest BCUT2D eigenvalue weighted by Crippen LogP contribution is -2.44. The van der Waals surface area contributed by atoms with Gasteiger partial charge in [0, 0.05) is 36.9 Å². The molecule has 2 aliphatic rings. The van der Waals surface area contributed by atoms with E-state index in [0.29, 0.717) is 13.1 Å². The van der Waals surface area contributed by atoms with Gasteiger partial charge in [0.1, 0.15) is 5.60 Å². The molecule has 6 heteroatoms. The monoisotopic (exact) mass is 383 g/mol. The van der Waals surface area contributed by atoms with Crippen LogP contribution in [0.5, 0.6) is 0 Å². The van der Waals surface area contributed by atoms with Crippen LogP contribution in [0.4, 0.5) is 4.79 Å². The van der Waals surface area contributed by atoms with Crippen molar-refractivity contribution in [2.45, 2.75) is 45.8 Å². The molecule has 28 heavy (non-hydrogen) atoms. The largest absolute Gasteiger partial charge is 0.444 e. The summed E-state index contributed by atoms with van der Waals surface area (Å²) in [5, 5.41) is 3.22. The minimum Gasteiger partial charge on any atom is -0.444 e. The van der Waals surface area contributed by atoms with Gasteiger partial charge in [-0.1, -0.05) is 6.07 Å². The Labute approximate surface area is 165 Å². The zero-order chi connectivity index (χ0) is 20.3. The lowest BCUT2D eigenvalue weighted by Gasteiger charge is -2.28. The Morgan fingerprint density at radius 3 is 2.39 bits per heavy atom. The Hall–Kier alpha value is -2.50. The first-order valence-corrected chi connectivity index (χ1v) is 9.92. The molecule has 0 aromatic carbocycles. The van der Waals surface area contributed by atoms with Crippen LogP contribution in [-0.4, -0.2) is 40.0 Å². The highest BCUT2D eigenvalue weighted by Crippen LogP contribution is 2.52. The predicted octanol–water partition coefficient (Wildman–Crippen LogP) is 3.40. The molecule has 0 spiro atoms. The molecular weight excluding hydrogens is 354 g/mol. The number of hydrogen-bond donors (Lipinski definition) is 1. The van der Waals surface area contributed by atoms with Crippen LogP contribution in [0.3, 0.4) is 0 Å². The maximum Gasteiger partial charge on any atom is 0.410 e. The first-order valence-electron chi connectivity index (χ1n) is 9.92. The van der Waals surface area contributed by atoms with E-state index in [1.54, 1.807) is 4.90 Å². The van der Waals surface area contributed by atoms with Crippen molar-refractivity contribution in [3.8, 4) is 0 Å². The topological polar surface area (TPSA) is 63.0 Å². The average molecular weight is 383 g/mol. The molecule has 3 heterocycles. The summed E-state index contributed by atoms with van der Waals surface area (Å²) in [4.78, 5) is 26.8. The predicted molar refractivity (Wildman–Crippen MR) is 107 cm³/mol. The second kappa shape index (κ2) is 6.26. The van der Waals surface area contributed by atoms with Crippen molar-refractivity contribution in [3.05, 3.63) is 42.2 Å². The van der Waals surface area contributed by atoms with E-state index in [-0.39, 0.29) is 29.8 Å². The van der Waals surface area contributed by atoms with Crippen LogP contribution in [0, 0.1) is 17.8 Å². The van der Waals surface area contributed by atoms with E-state index < -0.39 is 11.1 Å². The van der Waals surface area contributed by atoms with Gasteiger partial charge >= 0.3 is 6.09 Å². The second-order valence-corrected chi connectivity index (χ2v) is 9.61. The van der Waals surface area contributed by atoms with Crippen molar-refractivity contribution in [1.29, 1.82) is 0 Å². The van der Waals surface area contributed by atoms with Crippen molar-refractivity contribution in [1.82, 2.24) is 14.6 Å². The summed E-state index contributed by atoms with van der Waals surface area (Å²) in [5.41, 5.74) is 1.24. The van der Waals surface area contributed by atoms with Crippen LogP contribution in [0.15, 0.2) is 36.7 Å². The fourth-order valence-corrected chi connectivity index (χ4v) is 4.25. The number of amides is 2. The van der Waals surface area contributed by atoms with Crippen molar-refractivity contribution < 1.29 is 14.3 Å². The van der Waals surface area contributed by atoms with Gasteiger partial charge in [0.15, 0.2) is 0 Å². The van der Waals surface area contributed by atoms with Gasteiger partial charge in [-0.25, -0.2) is 4.79 Å². The van der Waals surface area contributed by atoms with Crippen molar-refractivity contribution in [2.75, 3.05) is 13.1 Å². The summed E-state index contributed by atoms with van der Waals surface area (Å²) in [6, 6.07) is 8.16. The van der Waals surface area contributed by atoms with Crippen LogP contribution in [0.25, 0.3) is 5.52 Å². The molecule has 2 fully saturated rings. The third-order valence-electron chi connectivity index (χ3n) is 5.81. The maximum absolute atomic E-state index is 12.9. The third kappa shape index (κ3) is 3.48. The van der Waals surface area contributed by atoms with Crippen molar-refractivity contribution >= 4 is 17.5 Å². The molecule has 1 aliphatic heterocycles. The molecule has 1 saturated heterocycles. The number of fused-ring (bicyclic) bond motifs is 2. The first-order chi connectivity index (χ1) is 13.0. The Kier molecular flexibility index (Phi) is 4.21. The molecule has 4 rings (SSSR count). The Morgan fingerprint density at radius 2 is 1.79 bits per heavy atom. The maximum atomic E-state index is 12.9. The van der Waals surface area contributed by atoms with Gasteiger partial charge in [0.05, 0.1) is 5.54 Å². The van der Waals surface area contributed by atoms with Crippen molar-refractivity contribution in [3.63, 3.8) is 0 Å². The minimum atomic E-state index is -0.494. The van der Waals surface area contributed by atoms with Gasteiger partial charge in [-0.05, 0) is 70.2 Å². The number of piperidine rings is 1. The standard InChI is InChI=1S/C22H29N3O3/c1-21(2,3)28-20(27)25-12-16-17(13-25)18(16)19(26)23-22(4,5)14-10-15-8-6-7-9-24(15)11-14/h6-11,16-18H,12-13H2,1-5H3,(H,23,26)/t16-,17+,18?. The molecule has 2 amide bonds. The fourth-order valence-electron chi connectivity index (χ4n) is 4.25. The van der Waals surface area contributed by atoms with Gasteiger partial charge in [0.2, 0.25) is 5.91 Å². The van der Waals surface area contributed by atoms with Crippen LogP contribution in [0.1, 0.15) is 40.2 Å². The molecule has 1 aliphatic carbocycles. The van der Waals surface area contributed by atoms with Crippen LogP contribution in [0.2, 0.25) is 0 Å². The van der Waals surface area contributed by atoms with E-state index in [9.17, 15) is 9.59 Å². The number of nitrogens with zero attached hydrogens (tertiary/aromatic N) is 2. The van der Waals surface area contributed by atoms with Gasteiger partial charge in [-0.2, -0.15) is 0 Å². The number of aromatic nitrogens is 1. The molecule has 6 nitrogen and oxygen atoms in total. The first kappa shape index (κ1) is 18.8. The summed E-state index contributed by atoms with van der Waals surface area (Å²) >= 11 is 0. The highest BCUT2D eigenvalue weighted by Gasteiger charge is 2.61. The van der Waals surface area contributed by atoms with Gasteiger partial charge in [-0.3, -0.25) is 4.79 Å². The second-order valence-electron chi connectivity index (χ2n) is 9.61. The number of nitrogens with one attached hydrogen (secondary N) is 1. The minimum absolute atomic E-state index is 0.00464. The zero-order valence-electron chi connectivity index (χ0n) is 17.2. The molecule has 3 atom stereocenters. The van der Waals surface area contributed by atoms with E-state index in [1.165, 1.54) is 0 Å². The summed E-state index contributed by atoms with van der Waals surface area (Å²) in [7, 11) is 0. The molecule has 0 bridgehead atoms. The Morgan fingerprint density at radius 1 is 1.11 bits per heavy atom. The van der Waals surface area contributed by atoms with E-state index >= 15 is 0 Å². The number of rotatable bonds is 3. The van der Waals surface area contributed by atoms with Crippen molar-refractivity contribution in [2.24, 2.45) is 17.8 Å². The molecule has 2 aromatic rings.